The summed E-state index contributed by atoms with van der Waals surface area (Å²) in [7, 11) is 0. The molecule has 16 heavy (non-hydrogen) atoms. The van der Waals surface area contributed by atoms with Crippen LogP contribution in [0.1, 0.15) is 59.8 Å². The van der Waals surface area contributed by atoms with Gasteiger partial charge in [0.15, 0.2) is 0 Å². The van der Waals surface area contributed by atoms with Crippen LogP contribution in [-0.2, 0) is 0 Å². The van der Waals surface area contributed by atoms with E-state index >= 15 is 0 Å². The van der Waals surface area contributed by atoms with E-state index in [1.54, 1.807) is 0 Å². The molecule has 0 aliphatic rings. The summed E-state index contributed by atoms with van der Waals surface area (Å²) < 4.78 is 0. The molecule has 0 fully saturated rings. The Labute approximate surface area is 108 Å². The van der Waals surface area contributed by atoms with Gasteiger partial charge < -0.3 is 4.90 Å². The van der Waals surface area contributed by atoms with Crippen molar-refractivity contribution in [2.45, 2.75) is 65.8 Å². The Kier molecular flexibility index (Phi) is 10.7. The van der Waals surface area contributed by atoms with Crippen molar-refractivity contribution in [3.8, 4) is 0 Å². The minimum Gasteiger partial charge on any atom is -0.300 e. The van der Waals surface area contributed by atoms with E-state index in [1.807, 2.05) is 0 Å². The first-order valence-electron chi connectivity index (χ1n) is 7.04. The molecule has 0 amide bonds. The molecule has 0 spiro atoms. The van der Waals surface area contributed by atoms with Crippen molar-refractivity contribution in [3.63, 3.8) is 0 Å². The molecule has 0 saturated carbocycles. The van der Waals surface area contributed by atoms with E-state index in [-0.39, 0.29) is 0 Å². The number of thiol groups is 1. The lowest BCUT2D eigenvalue weighted by Gasteiger charge is -2.31. The summed E-state index contributed by atoms with van der Waals surface area (Å²) in [4.78, 5) is 2.67. The smallest absolute Gasteiger partial charge is 0.00644 e. The minimum absolute atomic E-state index is 0.728. The van der Waals surface area contributed by atoms with Crippen molar-refractivity contribution >= 4 is 12.6 Å². The van der Waals surface area contributed by atoms with E-state index in [0.717, 1.165) is 17.7 Å². The largest absolute Gasteiger partial charge is 0.300 e. The molecule has 0 radical (unpaired) electrons. The zero-order chi connectivity index (χ0) is 12.4. The number of nitrogens with zero attached hydrogens (tertiary/aromatic N) is 1. The Balaban J connectivity index is 4.15. The molecule has 2 atom stereocenters. The lowest BCUT2D eigenvalue weighted by atomic mass is 10.0. The zero-order valence-corrected chi connectivity index (χ0v) is 12.6. The highest BCUT2D eigenvalue weighted by atomic mass is 32.1. The first-order chi connectivity index (χ1) is 7.69. The van der Waals surface area contributed by atoms with Gasteiger partial charge in [-0.3, -0.25) is 0 Å². The highest BCUT2D eigenvalue weighted by Gasteiger charge is 2.16. The third kappa shape index (κ3) is 6.80. The summed E-state index contributed by atoms with van der Waals surface area (Å²) in [6, 6.07) is 0.728. The Morgan fingerprint density at radius 2 is 1.81 bits per heavy atom. The molecule has 0 rings (SSSR count). The van der Waals surface area contributed by atoms with Gasteiger partial charge in [0.2, 0.25) is 0 Å². The second-order valence-electron chi connectivity index (χ2n) is 4.94. The number of rotatable bonds is 10. The average molecular weight is 245 g/mol. The van der Waals surface area contributed by atoms with Crippen LogP contribution in [0.4, 0.5) is 0 Å². The predicted octanol–water partition coefficient (Wildman–Crippen LogP) is 4.23. The van der Waals surface area contributed by atoms with E-state index in [2.05, 4.69) is 45.2 Å². The summed E-state index contributed by atoms with van der Waals surface area (Å²) >= 11 is 4.49. The van der Waals surface area contributed by atoms with Crippen molar-refractivity contribution in [2.75, 3.05) is 18.8 Å². The Morgan fingerprint density at radius 3 is 2.25 bits per heavy atom. The molecular formula is C14H31NS. The molecule has 0 heterocycles. The Bertz CT molecular complexity index is 150. The summed E-state index contributed by atoms with van der Waals surface area (Å²) in [6.07, 6.45) is 6.49. The Hall–Kier alpha value is 0.310. The van der Waals surface area contributed by atoms with Crippen molar-refractivity contribution in [1.29, 1.82) is 0 Å². The molecule has 0 saturated heterocycles. The number of hydrogen-bond donors (Lipinski definition) is 1. The molecule has 2 heteroatoms. The van der Waals surface area contributed by atoms with Crippen molar-refractivity contribution in [3.05, 3.63) is 0 Å². The molecule has 0 aromatic carbocycles. The van der Waals surface area contributed by atoms with Crippen LogP contribution in [0.2, 0.25) is 0 Å². The van der Waals surface area contributed by atoms with E-state index < -0.39 is 0 Å². The number of hydrogen-bond acceptors (Lipinski definition) is 2. The maximum absolute atomic E-state index is 4.49. The molecule has 0 N–H and O–H groups in total. The second kappa shape index (κ2) is 10.5. The van der Waals surface area contributed by atoms with E-state index in [4.69, 9.17) is 0 Å². The summed E-state index contributed by atoms with van der Waals surface area (Å²) in [5, 5.41) is 0. The van der Waals surface area contributed by atoms with Crippen LogP contribution in [0, 0.1) is 5.92 Å². The third-order valence-corrected chi connectivity index (χ3v) is 3.98. The molecule has 98 valence electrons. The first kappa shape index (κ1) is 16.3. The van der Waals surface area contributed by atoms with E-state index in [0.29, 0.717) is 0 Å². The lowest BCUT2D eigenvalue weighted by Crippen LogP contribution is -2.38. The van der Waals surface area contributed by atoms with Gasteiger partial charge in [0.25, 0.3) is 0 Å². The summed E-state index contributed by atoms with van der Waals surface area (Å²) in [6.45, 7) is 11.7. The van der Waals surface area contributed by atoms with Gasteiger partial charge >= 0.3 is 0 Å². The van der Waals surface area contributed by atoms with Gasteiger partial charge in [-0.05, 0) is 44.4 Å². The van der Waals surface area contributed by atoms with Crippen LogP contribution in [0.3, 0.4) is 0 Å². The molecule has 1 nitrogen and oxygen atoms in total. The highest BCUT2D eigenvalue weighted by molar-refractivity contribution is 7.80. The van der Waals surface area contributed by atoms with E-state index in [9.17, 15) is 0 Å². The molecule has 0 aliphatic carbocycles. The quantitative estimate of drug-likeness (QED) is 0.564. The topological polar surface area (TPSA) is 3.24 Å². The van der Waals surface area contributed by atoms with Crippen LogP contribution >= 0.6 is 12.6 Å². The predicted molar refractivity (Wildman–Crippen MR) is 78.5 cm³/mol. The Morgan fingerprint density at radius 1 is 1.12 bits per heavy atom. The SMILES string of the molecule is CCCCN(CC(CS)CCC)C(C)CC. The number of unbranched alkanes of at least 4 members (excludes halogenated alkanes) is 1. The van der Waals surface area contributed by atoms with Crippen molar-refractivity contribution < 1.29 is 0 Å². The van der Waals surface area contributed by atoms with Crippen LogP contribution in [-0.4, -0.2) is 29.8 Å². The molecule has 2 unspecified atom stereocenters. The van der Waals surface area contributed by atoms with E-state index in [1.165, 1.54) is 45.2 Å². The molecule has 0 bridgehead atoms. The standard InChI is InChI=1S/C14H31NS/c1-5-8-10-15(13(4)7-3)11-14(12-16)9-6-2/h13-14,16H,5-12H2,1-4H3. The summed E-state index contributed by atoms with van der Waals surface area (Å²) in [5.74, 6) is 1.81. The fourth-order valence-corrected chi connectivity index (χ4v) is 2.39. The van der Waals surface area contributed by atoms with Crippen LogP contribution < -0.4 is 0 Å². The van der Waals surface area contributed by atoms with Gasteiger partial charge in [-0.1, -0.05) is 33.6 Å². The second-order valence-corrected chi connectivity index (χ2v) is 5.31. The molecule has 0 aromatic rings. The van der Waals surface area contributed by atoms with Gasteiger partial charge in [-0.2, -0.15) is 12.6 Å². The molecular weight excluding hydrogens is 214 g/mol. The van der Waals surface area contributed by atoms with Gasteiger partial charge in [-0.15, -0.1) is 0 Å². The third-order valence-electron chi connectivity index (χ3n) is 3.46. The highest BCUT2D eigenvalue weighted by Crippen LogP contribution is 2.14. The monoisotopic (exact) mass is 245 g/mol. The zero-order valence-electron chi connectivity index (χ0n) is 11.7. The van der Waals surface area contributed by atoms with Crippen LogP contribution in [0.15, 0.2) is 0 Å². The van der Waals surface area contributed by atoms with Gasteiger partial charge in [0.05, 0.1) is 0 Å². The average Bonchev–Trinajstić information content (AvgIpc) is 2.32. The lowest BCUT2D eigenvalue weighted by molar-refractivity contribution is 0.172. The van der Waals surface area contributed by atoms with Crippen molar-refractivity contribution in [1.82, 2.24) is 4.90 Å². The normalized spacial score (nSPS) is 15.4. The fraction of sp³-hybridized carbons (Fsp3) is 1.00. The van der Waals surface area contributed by atoms with Crippen LogP contribution in [0.5, 0.6) is 0 Å². The van der Waals surface area contributed by atoms with Gasteiger partial charge in [0.1, 0.15) is 0 Å². The van der Waals surface area contributed by atoms with Gasteiger partial charge in [-0.25, -0.2) is 0 Å². The molecule has 0 aliphatic heterocycles. The first-order valence-corrected chi connectivity index (χ1v) is 7.67. The maximum atomic E-state index is 4.49. The molecule has 0 aromatic heterocycles. The summed E-state index contributed by atoms with van der Waals surface area (Å²) in [5.41, 5.74) is 0. The van der Waals surface area contributed by atoms with Crippen LogP contribution in [0.25, 0.3) is 0 Å². The maximum Gasteiger partial charge on any atom is 0.00644 e. The van der Waals surface area contributed by atoms with Gasteiger partial charge in [0, 0.05) is 12.6 Å². The minimum atomic E-state index is 0.728. The fourth-order valence-electron chi connectivity index (χ4n) is 2.09. The van der Waals surface area contributed by atoms with Crippen molar-refractivity contribution in [2.24, 2.45) is 5.92 Å².